The molecule has 0 amide bonds. The predicted molar refractivity (Wildman–Crippen MR) is 102 cm³/mol. The molecule has 3 aromatic rings. The van der Waals surface area contributed by atoms with Crippen LogP contribution in [0.25, 0.3) is 11.4 Å². The zero-order valence-electron chi connectivity index (χ0n) is 13.3. The van der Waals surface area contributed by atoms with Crippen LogP contribution in [0.3, 0.4) is 0 Å². The molecule has 0 atom stereocenters. The van der Waals surface area contributed by atoms with Crippen LogP contribution in [0.15, 0.2) is 45.3 Å². The average molecular weight is 408 g/mol. The van der Waals surface area contributed by atoms with Gasteiger partial charge in [0.15, 0.2) is 11.0 Å². The summed E-state index contributed by atoms with van der Waals surface area (Å²) in [5, 5.41) is 12.0. The number of benzene rings is 1. The first-order valence-electron chi connectivity index (χ1n) is 7.42. The van der Waals surface area contributed by atoms with Gasteiger partial charge in [-0.05, 0) is 44.5 Å². The summed E-state index contributed by atoms with van der Waals surface area (Å²) in [5.41, 5.74) is 2.44. The van der Waals surface area contributed by atoms with Gasteiger partial charge in [0.1, 0.15) is 0 Å². The highest BCUT2D eigenvalue weighted by molar-refractivity contribution is 9.10. The monoisotopic (exact) mass is 407 g/mol. The van der Waals surface area contributed by atoms with Crippen LogP contribution >= 0.6 is 39.0 Å². The second kappa shape index (κ2) is 7.20. The molecule has 3 nitrogen and oxygen atoms in total. The number of thioether (sulfide) groups is 1. The molecule has 0 aliphatic carbocycles. The Morgan fingerprint density at radius 1 is 1.22 bits per heavy atom. The van der Waals surface area contributed by atoms with Gasteiger partial charge in [0, 0.05) is 32.1 Å². The summed E-state index contributed by atoms with van der Waals surface area (Å²) in [7, 11) is 0. The maximum absolute atomic E-state index is 4.44. The Kier molecular flexibility index (Phi) is 5.24. The molecule has 2 aromatic heterocycles. The molecule has 3 rings (SSSR count). The Morgan fingerprint density at radius 3 is 2.57 bits per heavy atom. The van der Waals surface area contributed by atoms with Gasteiger partial charge in [0.25, 0.3) is 0 Å². The zero-order chi connectivity index (χ0) is 16.4. The lowest BCUT2D eigenvalue weighted by atomic mass is 10.2. The topological polar surface area (TPSA) is 30.7 Å². The lowest BCUT2D eigenvalue weighted by Crippen LogP contribution is -2.04. The predicted octanol–water partition coefficient (Wildman–Crippen LogP) is 5.95. The first kappa shape index (κ1) is 16.7. The van der Waals surface area contributed by atoms with E-state index in [2.05, 4.69) is 87.2 Å². The molecule has 0 saturated carbocycles. The van der Waals surface area contributed by atoms with E-state index in [-0.39, 0.29) is 0 Å². The molecule has 120 valence electrons. The van der Waals surface area contributed by atoms with Crippen molar-refractivity contribution in [2.75, 3.05) is 0 Å². The van der Waals surface area contributed by atoms with Gasteiger partial charge in [0.2, 0.25) is 0 Å². The SMILES string of the molecule is Cc1cc(-c2nnc(SCc3ccc(Br)cc3)n2C(C)C)cs1. The van der Waals surface area contributed by atoms with Crippen molar-refractivity contribution in [2.45, 2.75) is 37.7 Å². The van der Waals surface area contributed by atoms with Crippen molar-refractivity contribution < 1.29 is 0 Å². The largest absolute Gasteiger partial charge is 0.299 e. The van der Waals surface area contributed by atoms with E-state index in [0.717, 1.165) is 26.8 Å². The highest BCUT2D eigenvalue weighted by Gasteiger charge is 2.17. The van der Waals surface area contributed by atoms with Crippen molar-refractivity contribution in [3.05, 3.63) is 50.6 Å². The summed E-state index contributed by atoms with van der Waals surface area (Å²) in [4.78, 5) is 1.29. The molecular formula is C17H18BrN3S2. The van der Waals surface area contributed by atoms with Gasteiger partial charge < -0.3 is 0 Å². The van der Waals surface area contributed by atoms with E-state index in [0.29, 0.717) is 6.04 Å². The van der Waals surface area contributed by atoms with E-state index in [1.807, 2.05) is 0 Å². The summed E-state index contributed by atoms with van der Waals surface area (Å²) in [6.07, 6.45) is 0. The first-order valence-corrected chi connectivity index (χ1v) is 10.1. The van der Waals surface area contributed by atoms with E-state index in [4.69, 9.17) is 0 Å². The first-order chi connectivity index (χ1) is 11.0. The van der Waals surface area contributed by atoms with Gasteiger partial charge in [-0.25, -0.2) is 0 Å². The Balaban J connectivity index is 1.84. The fourth-order valence-electron chi connectivity index (χ4n) is 2.33. The number of halogens is 1. The molecular weight excluding hydrogens is 390 g/mol. The van der Waals surface area contributed by atoms with Crippen molar-refractivity contribution in [3.8, 4) is 11.4 Å². The van der Waals surface area contributed by atoms with E-state index < -0.39 is 0 Å². The van der Waals surface area contributed by atoms with Crippen LogP contribution in [-0.2, 0) is 5.75 Å². The molecule has 0 spiro atoms. The number of hydrogen-bond donors (Lipinski definition) is 0. The maximum atomic E-state index is 4.44. The van der Waals surface area contributed by atoms with Gasteiger partial charge in [-0.1, -0.05) is 39.8 Å². The molecule has 0 bridgehead atoms. The van der Waals surface area contributed by atoms with Crippen molar-refractivity contribution in [2.24, 2.45) is 0 Å². The fraction of sp³-hybridized carbons (Fsp3) is 0.294. The fourth-order valence-corrected chi connectivity index (χ4v) is 4.30. The quantitative estimate of drug-likeness (QED) is 0.489. The van der Waals surface area contributed by atoms with Crippen LogP contribution in [0.4, 0.5) is 0 Å². The molecule has 0 N–H and O–H groups in total. The number of aromatic nitrogens is 3. The number of thiophene rings is 1. The minimum absolute atomic E-state index is 0.327. The van der Waals surface area contributed by atoms with Crippen molar-refractivity contribution in [1.82, 2.24) is 14.8 Å². The van der Waals surface area contributed by atoms with Crippen LogP contribution in [-0.4, -0.2) is 14.8 Å². The Hall–Kier alpha value is -1.11. The van der Waals surface area contributed by atoms with E-state index in [9.17, 15) is 0 Å². The number of aryl methyl sites for hydroxylation is 1. The van der Waals surface area contributed by atoms with E-state index in [1.54, 1.807) is 23.1 Å². The molecule has 0 aliphatic heterocycles. The molecule has 6 heteroatoms. The van der Waals surface area contributed by atoms with E-state index >= 15 is 0 Å². The van der Waals surface area contributed by atoms with Crippen LogP contribution in [0.5, 0.6) is 0 Å². The van der Waals surface area contributed by atoms with Crippen LogP contribution in [0.1, 0.15) is 30.3 Å². The normalized spacial score (nSPS) is 11.3. The molecule has 0 radical (unpaired) electrons. The van der Waals surface area contributed by atoms with Crippen LogP contribution in [0.2, 0.25) is 0 Å². The van der Waals surface area contributed by atoms with Crippen molar-refractivity contribution in [3.63, 3.8) is 0 Å². The molecule has 23 heavy (non-hydrogen) atoms. The van der Waals surface area contributed by atoms with Gasteiger partial charge in [-0.15, -0.1) is 21.5 Å². The second-order valence-electron chi connectivity index (χ2n) is 5.63. The second-order valence-corrected chi connectivity index (χ2v) is 8.60. The van der Waals surface area contributed by atoms with Gasteiger partial charge in [-0.3, -0.25) is 4.57 Å². The molecule has 0 aliphatic rings. The Labute approximate surface area is 153 Å². The summed E-state index contributed by atoms with van der Waals surface area (Å²) in [6, 6.07) is 10.9. The average Bonchev–Trinajstić information content (AvgIpc) is 3.12. The van der Waals surface area contributed by atoms with Crippen LogP contribution < -0.4 is 0 Å². The summed E-state index contributed by atoms with van der Waals surface area (Å²) >= 11 is 6.95. The summed E-state index contributed by atoms with van der Waals surface area (Å²) in [6.45, 7) is 6.47. The van der Waals surface area contributed by atoms with Gasteiger partial charge in [0.05, 0.1) is 0 Å². The highest BCUT2D eigenvalue weighted by atomic mass is 79.9. The molecule has 0 fully saturated rings. The smallest absolute Gasteiger partial charge is 0.192 e. The Bertz CT molecular complexity index is 791. The molecule has 1 aromatic carbocycles. The molecule has 0 saturated heterocycles. The highest BCUT2D eigenvalue weighted by Crippen LogP contribution is 2.31. The summed E-state index contributed by atoms with van der Waals surface area (Å²) in [5.74, 6) is 1.85. The summed E-state index contributed by atoms with van der Waals surface area (Å²) < 4.78 is 3.33. The van der Waals surface area contributed by atoms with Crippen LogP contribution in [0, 0.1) is 6.92 Å². The van der Waals surface area contributed by atoms with E-state index in [1.165, 1.54) is 10.4 Å². The maximum Gasteiger partial charge on any atom is 0.192 e. The zero-order valence-corrected chi connectivity index (χ0v) is 16.5. The third-order valence-corrected chi connectivity index (χ3v) is 5.86. The minimum Gasteiger partial charge on any atom is -0.299 e. The standard InChI is InChI=1S/C17H18BrN3S2/c1-11(2)21-16(14-8-12(3)22-10-14)19-20-17(21)23-9-13-4-6-15(18)7-5-13/h4-8,10-11H,9H2,1-3H3. The number of rotatable bonds is 5. The lowest BCUT2D eigenvalue weighted by molar-refractivity contribution is 0.555. The van der Waals surface area contributed by atoms with Crippen molar-refractivity contribution in [1.29, 1.82) is 0 Å². The number of hydrogen-bond acceptors (Lipinski definition) is 4. The molecule has 0 unspecified atom stereocenters. The van der Waals surface area contributed by atoms with Gasteiger partial charge in [-0.2, -0.15) is 0 Å². The van der Waals surface area contributed by atoms with Crippen molar-refractivity contribution >= 4 is 39.0 Å². The Morgan fingerprint density at radius 2 is 1.96 bits per heavy atom. The third-order valence-electron chi connectivity index (χ3n) is 3.45. The molecule has 2 heterocycles. The van der Waals surface area contributed by atoms with Gasteiger partial charge >= 0.3 is 0 Å². The third kappa shape index (κ3) is 3.87. The number of nitrogens with zero attached hydrogens (tertiary/aromatic N) is 3. The lowest BCUT2D eigenvalue weighted by Gasteiger charge is -2.13. The minimum atomic E-state index is 0.327.